The summed E-state index contributed by atoms with van der Waals surface area (Å²) in [6.45, 7) is 0. The van der Waals surface area contributed by atoms with Crippen molar-refractivity contribution in [3.63, 3.8) is 0 Å². The first-order chi connectivity index (χ1) is 5.69. The van der Waals surface area contributed by atoms with E-state index in [1.165, 1.54) is 25.7 Å². The SMILES string of the molecule is CN(C=O)C1(N)C2CCC1CC2. The van der Waals surface area contributed by atoms with E-state index < -0.39 is 0 Å². The minimum atomic E-state index is -0.304. The number of rotatable bonds is 2. The van der Waals surface area contributed by atoms with E-state index in [9.17, 15) is 4.79 Å². The predicted molar refractivity (Wildman–Crippen MR) is 46.2 cm³/mol. The van der Waals surface area contributed by atoms with Crippen molar-refractivity contribution in [2.75, 3.05) is 7.05 Å². The maximum atomic E-state index is 10.7. The van der Waals surface area contributed by atoms with Crippen LogP contribution in [0.2, 0.25) is 0 Å². The lowest BCUT2D eigenvalue weighted by Gasteiger charge is -2.37. The zero-order valence-electron chi connectivity index (χ0n) is 7.49. The first-order valence-corrected chi connectivity index (χ1v) is 4.66. The summed E-state index contributed by atoms with van der Waals surface area (Å²) in [7, 11) is 1.81. The Balaban J connectivity index is 2.25. The number of hydrogen-bond acceptors (Lipinski definition) is 2. The molecule has 0 spiro atoms. The molecular formula is C9H16N2O. The smallest absolute Gasteiger partial charge is 0.210 e. The molecule has 2 aliphatic rings. The predicted octanol–water partition coefficient (Wildman–Crippen LogP) is 0.550. The summed E-state index contributed by atoms with van der Waals surface area (Å²) >= 11 is 0. The number of carbonyl (C=O) groups excluding carboxylic acids is 1. The van der Waals surface area contributed by atoms with Gasteiger partial charge in [0, 0.05) is 7.05 Å². The van der Waals surface area contributed by atoms with Crippen LogP contribution in [0, 0.1) is 11.8 Å². The molecule has 0 aromatic carbocycles. The molecule has 12 heavy (non-hydrogen) atoms. The van der Waals surface area contributed by atoms with Crippen LogP contribution >= 0.6 is 0 Å². The molecule has 3 heteroatoms. The average molecular weight is 168 g/mol. The Bertz CT molecular complexity index is 185. The highest BCUT2D eigenvalue weighted by molar-refractivity contribution is 5.49. The molecule has 0 unspecified atom stereocenters. The van der Waals surface area contributed by atoms with Crippen molar-refractivity contribution in [2.45, 2.75) is 31.3 Å². The van der Waals surface area contributed by atoms with Crippen molar-refractivity contribution in [1.82, 2.24) is 4.90 Å². The van der Waals surface area contributed by atoms with E-state index >= 15 is 0 Å². The van der Waals surface area contributed by atoms with E-state index in [4.69, 9.17) is 5.73 Å². The van der Waals surface area contributed by atoms with Gasteiger partial charge >= 0.3 is 0 Å². The van der Waals surface area contributed by atoms with Gasteiger partial charge in [-0.1, -0.05) is 0 Å². The fourth-order valence-electron chi connectivity index (χ4n) is 3.02. The second kappa shape index (κ2) is 2.46. The Morgan fingerprint density at radius 3 is 2.08 bits per heavy atom. The first-order valence-electron chi connectivity index (χ1n) is 4.66. The Labute approximate surface area is 72.9 Å². The molecule has 2 fully saturated rings. The zero-order valence-corrected chi connectivity index (χ0v) is 7.49. The molecule has 0 aromatic rings. The molecule has 0 heterocycles. The topological polar surface area (TPSA) is 46.3 Å². The van der Waals surface area contributed by atoms with Gasteiger partial charge in [0.05, 0.1) is 5.66 Å². The number of hydrogen-bond donors (Lipinski definition) is 1. The molecule has 1 amide bonds. The molecule has 2 aliphatic carbocycles. The Kier molecular flexibility index (Phi) is 1.65. The van der Waals surface area contributed by atoms with Crippen LogP contribution in [0.4, 0.5) is 0 Å². The highest BCUT2D eigenvalue weighted by atomic mass is 16.1. The fourth-order valence-corrected chi connectivity index (χ4v) is 3.02. The highest BCUT2D eigenvalue weighted by Crippen LogP contribution is 2.51. The van der Waals surface area contributed by atoms with E-state index in [-0.39, 0.29) is 5.66 Å². The summed E-state index contributed by atoms with van der Waals surface area (Å²) in [5.41, 5.74) is 5.95. The number of nitrogens with zero attached hydrogens (tertiary/aromatic N) is 1. The quantitative estimate of drug-likeness (QED) is 0.483. The third-order valence-electron chi connectivity index (χ3n) is 3.80. The van der Waals surface area contributed by atoms with E-state index in [0.717, 1.165) is 6.41 Å². The summed E-state index contributed by atoms with van der Waals surface area (Å²) in [6, 6.07) is 0. The monoisotopic (exact) mass is 168 g/mol. The van der Waals surface area contributed by atoms with E-state index in [0.29, 0.717) is 11.8 Å². The van der Waals surface area contributed by atoms with Crippen LogP contribution in [-0.2, 0) is 4.79 Å². The molecule has 0 radical (unpaired) electrons. The fraction of sp³-hybridized carbons (Fsp3) is 0.889. The lowest BCUT2D eigenvalue weighted by Crippen LogP contribution is -2.57. The summed E-state index contributed by atoms with van der Waals surface area (Å²) in [4.78, 5) is 12.3. The molecule has 3 nitrogen and oxygen atoms in total. The van der Waals surface area contributed by atoms with Crippen molar-refractivity contribution in [3.8, 4) is 0 Å². The van der Waals surface area contributed by atoms with Crippen molar-refractivity contribution >= 4 is 6.41 Å². The maximum Gasteiger partial charge on any atom is 0.210 e. The maximum absolute atomic E-state index is 10.7. The lowest BCUT2D eigenvalue weighted by atomic mass is 9.98. The van der Waals surface area contributed by atoms with Gasteiger partial charge in [-0.15, -0.1) is 0 Å². The molecule has 2 N–H and O–H groups in total. The standard InChI is InChI=1S/C9H16N2O/c1-11(6-12)9(10)7-2-3-8(9)5-4-7/h6-8H,2-5,10H2,1H3. The van der Waals surface area contributed by atoms with Gasteiger partial charge in [0.1, 0.15) is 0 Å². The van der Waals surface area contributed by atoms with Gasteiger partial charge in [-0.05, 0) is 37.5 Å². The van der Waals surface area contributed by atoms with Gasteiger partial charge in [-0.3, -0.25) is 4.79 Å². The largest absolute Gasteiger partial charge is 0.330 e. The summed E-state index contributed by atoms with van der Waals surface area (Å²) < 4.78 is 0. The molecule has 2 bridgehead atoms. The van der Waals surface area contributed by atoms with Crippen molar-refractivity contribution in [1.29, 1.82) is 0 Å². The van der Waals surface area contributed by atoms with Crippen molar-refractivity contribution < 1.29 is 4.79 Å². The molecular weight excluding hydrogens is 152 g/mol. The van der Waals surface area contributed by atoms with Crippen LogP contribution in [0.3, 0.4) is 0 Å². The Hall–Kier alpha value is -0.570. The third kappa shape index (κ3) is 0.774. The lowest BCUT2D eigenvalue weighted by molar-refractivity contribution is -0.123. The van der Waals surface area contributed by atoms with E-state index in [1.807, 2.05) is 7.05 Å². The summed E-state index contributed by atoms with van der Waals surface area (Å²) in [5, 5.41) is 0. The Morgan fingerprint density at radius 1 is 1.33 bits per heavy atom. The van der Waals surface area contributed by atoms with Gasteiger partial charge in [0.25, 0.3) is 0 Å². The number of carbonyl (C=O) groups is 1. The van der Waals surface area contributed by atoms with Crippen LogP contribution < -0.4 is 5.73 Å². The van der Waals surface area contributed by atoms with Crippen LogP contribution in [0.1, 0.15) is 25.7 Å². The van der Waals surface area contributed by atoms with Gasteiger partial charge in [-0.2, -0.15) is 0 Å². The molecule has 68 valence electrons. The Morgan fingerprint density at radius 2 is 1.75 bits per heavy atom. The normalized spacial score (nSPS) is 44.8. The highest BCUT2D eigenvalue weighted by Gasteiger charge is 2.54. The molecule has 0 atom stereocenters. The third-order valence-corrected chi connectivity index (χ3v) is 3.80. The number of nitrogens with two attached hydrogens (primary N) is 1. The summed E-state index contributed by atoms with van der Waals surface area (Å²) in [6.07, 6.45) is 5.70. The molecule has 0 saturated heterocycles. The molecule has 0 aliphatic heterocycles. The summed E-state index contributed by atoms with van der Waals surface area (Å²) in [5.74, 6) is 1.11. The second-order valence-corrected chi connectivity index (χ2v) is 4.15. The molecule has 2 saturated carbocycles. The van der Waals surface area contributed by atoms with Crippen LogP contribution in [0.5, 0.6) is 0 Å². The molecule has 2 rings (SSSR count). The van der Waals surface area contributed by atoms with Crippen molar-refractivity contribution in [3.05, 3.63) is 0 Å². The van der Waals surface area contributed by atoms with E-state index in [2.05, 4.69) is 0 Å². The number of amides is 1. The van der Waals surface area contributed by atoms with Gasteiger partial charge < -0.3 is 10.6 Å². The van der Waals surface area contributed by atoms with Crippen molar-refractivity contribution in [2.24, 2.45) is 17.6 Å². The second-order valence-electron chi connectivity index (χ2n) is 4.15. The van der Waals surface area contributed by atoms with Gasteiger partial charge in [0.15, 0.2) is 0 Å². The minimum absolute atomic E-state index is 0.304. The first kappa shape index (κ1) is 8.05. The molecule has 0 aromatic heterocycles. The van der Waals surface area contributed by atoms with Gasteiger partial charge in [-0.25, -0.2) is 0 Å². The number of fused-ring (bicyclic) bond motifs is 2. The van der Waals surface area contributed by atoms with Crippen LogP contribution in [0.15, 0.2) is 0 Å². The minimum Gasteiger partial charge on any atom is -0.330 e. The van der Waals surface area contributed by atoms with Gasteiger partial charge in [0.2, 0.25) is 6.41 Å². The average Bonchev–Trinajstić information content (AvgIpc) is 2.60. The van der Waals surface area contributed by atoms with Crippen LogP contribution in [0.25, 0.3) is 0 Å². The zero-order chi connectivity index (χ0) is 8.77. The van der Waals surface area contributed by atoms with E-state index in [1.54, 1.807) is 4.90 Å². The van der Waals surface area contributed by atoms with Crippen LogP contribution in [-0.4, -0.2) is 24.0 Å².